The third-order valence-corrected chi connectivity index (χ3v) is 3.78. The Bertz CT molecular complexity index is 218. The van der Waals surface area contributed by atoms with Crippen molar-refractivity contribution >= 4 is 0 Å². The number of nitrogens with zero attached hydrogens (tertiary/aromatic N) is 2. The topological polar surface area (TPSA) is 62.0 Å². The summed E-state index contributed by atoms with van der Waals surface area (Å²) in [7, 11) is 5.90. The van der Waals surface area contributed by atoms with E-state index in [0.717, 1.165) is 25.6 Å². The van der Waals surface area contributed by atoms with Crippen molar-refractivity contribution in [3.8, 4) is 0 Å². The highest BCUT2D eigenvalue weighted by atomic mass is 16.5. The molecule has 0 aliphatic carbocycles. The van der Waals surface area contributed by atoms with E-state index in [4.69, 9.17) is 10.5 Å². The molecular weight excluding hydrogens is 230 g/mol. The Morgan fingerprint density at radius 1 is 1.39 bits per heavy atom. The number of piperidine rings is 1. The third-order valence-electron chi connectivity index (χ3n) is 3.78. The van der Waals surface area contributed by atoms with Gasteiger partial charge in [-0.3, -0.25) is 4.90 Å². The highest BCUT2D eigenvalue weighted by molar-refractivity contribution is 4.85. The Hall–Kier alpha value is -0.200. The quantitative estimate of drug-likeness (QED) is 0.651. The second-order valence-corrected chi connectivity index (χ2v) is 5.61. The summed E-state index contributed by atoms with van der Waals surface area (Å²) >= 11 is 0. The Morgan fingerprint density at radius 2 is 2.00 bits per heavy atom. The lowest BCUT2D eigenvalue weighted by Crippen LogP contribution is -2.54. The van der Waals surface area contributed by atoms with Gasteiger partial charge in [0.15, 0.2) is 0 Å². The van der Waals surface area contributed by atoms with Crippen molar-refractivity contribution < 1.29 is 9.84 Å². The van der Waals surface area contributed by atoms with E-state index in [9.17, 15) is 5.11 Å². The van der Waals surface area contributed by atoms with Crippen LogP contribution < -0.4 is 5.73 Å². The van der Waals surface area contributed by atoms with Crippen molar-refractivity contribution in [3.05, 3.63) is 0 Å². The molecule has 0 bridgehead atoms. The van der Waals surface area contributed by atoms with Gasteiger partial charge in [-0.15, -0.1) is 0 Å². The molecule has 0 spiro atoms. The number of aliphatic hydroxyl groups is 1. The fourth-order valence-electron chi connectivity index (χ4n) is 2.81. The van der Waals surface area contributed by atoms with Crippen LogP contribution in [0.5, 0.6) is 0 Å². The summed E-state index contributed by atoms with van der Waals surface area (Å²) in [6.45, 7) is 3.83. The molecule has 5 heteroatoms. The number of hydrogen-bond donors (Lipinski definition) is 2. The standard InChI is InChI=1S/C13H29N3O2/c1-15(2)8-11-4-6-16(7-5-11)13(9-17)12(14)10-18-3/h11-13,17H,4-10,14H2,1-3H3. The minimum Gasteiger partial charge on any atom is -0.395 e. The van der Waals surface area contributed by atoms with E-state index in [0.29, 0.717) is 6.61 Å². The highest BCUT2D eigenvalue weighted by Crippen LogP contribution is 2.20. The van der Waals surface area contributed by atoms with Crippen molar-refractivity contribution in [2.75, 3.05) is 54.1 Å². The average Bonchev–Trinajstić information content (AvgIpc) is 2.32. The van der Waals surface area contributed by atoms with Crippen LogP contribution in [0.15, 0.2) is 0 Å². The molecule has 1 aliphatic heterocycles. The highest BCUT2D eigenvalue weighted by Gasteiger charge is 2.28. The maximum atomic E-state index is 9.50. The van der Waals surface area contributed by atoms with Crippen molar-refractivity contribution in [1.29, 1.82) is 0 Å². The van der Waals surface area contributed by atoms with Crippen LogP contribution in [0.4, 0.5) is 0 Å². The SMILES string of the molecule is COCC(N)C(CO)N1CCC(CN(C)C)CC1. The van der Waals surface area contributed by atoms with E-state index >= 15 is 0 Å². The Morgan fingerprint density at radius 3 is 2.44 bits per heavy atom. The summed E-state index contributed by atoms with van der Waals surface area (Å²) in [5.41, 5.74) is 6.05. The lowest BCUT2D eigenvalue weighted by atomic mass is 9.94. The molecule has 0 amide bonds. The average molecular weight is 259 g/mol. The zero-order valence-electron chi connectivity index (χ0n) is 12.0. The molecule has 1 heterocycles. The number of aliphatic hydroxyl groups excluding tert-OH is 1. The fourth-order valence-corrected chi connectivity index (χ4v) is 2.81. The molecule has 2 atom stereocenters. The van der Waals surface area contributed by atoms with Gasteiger partial charge >= 0.3 is 0 Å². The van der Waals surface area contributed by atoms with Crippen LogP contribution in [0.1, 0.15) is 12.8 Å². The summed E-state index contributed by atoms with van der Waals surface area (Å²) in [4.78, 5) is 4.57. The van der Waals surface area contributed by atoms with Gasteiger partial charge in [-0.05, 0) is 45.9 Å². The third kappa shape index (κ3) is 4.82. The Labute approximate surface area is 111 Å². The van der Waals surface area contributed by atoms with Gasteiger partial charge < -0.3 is 20.5 Å². The minimum absolute atomic E-state index is 0.0326. The maximum Gasteiger partial charge on any atom is 0.0629 e. The monoisotopic (exact) mass is 259 g/mol. The van der Waals surface area contributed by atoms with Crippen LogP contribution in [0.2, 0.25) is 0 Å². The van der Waals surface area contributed by atoms with Gasteiger partial charge in [-0.2, -0.15) is 0 Å². The first-order chi connectivity index (χ1) is 8.58. The molecule has 1 rings (SSSR count). The molecule has 3 N–H and O–H groups in total. The van der Waals surface area contributed by atoms with E-state index < -0.39 is 0 Å². The molecule has 0 radical (unpaired) electrons. The molecule has 2 unspecified atom stereocenters. The summed E-state index contributed by atoms with van der Waals surface area (Å²) in [5, 5.41) is 9.50. The van der Waals surface area contributed by atoms with Crippen molar-refractivity contribution in [1.82, 2.24) is 9.80 Å². The van der Waals surface area contributed by atoms with E-state index in [1.165, 1.54) is 12.8 Å². The molecule has 0 aromatic carbocycles. The number of likely N-dealkylation sites (tertiary alicyclic amines) is 1. The lowest BCUT2D eigenvalue weighted by Gasteiger charge is -2.39. The number of hydrogen-bond acceptors (Lipinski definition) is 5. The smallest absolute Gasteiger partial charge is 0.0629 e. The van der Waals surface area contributed by atoms with Gasteiger partial charge in [-0.1, -0.05) is 0 Å². The number of nitrogens with two attached hydrogens (primary N) is 1. The van der Waals surface area contributed by atoms with Crippen LogP contribution in [-0.4, -0.2) is 81.0 Å². The normalized spacial score (nSPS) is 22.3. The molecular formula is C13H29N3O2. The zero-order chi connectivity index (χ0) is 13.5. The summed E-state index contributed by atoms with van der Waals surface area (Å²) in [6, 6.07) is -0.0735. The van der Waals surface area contributed by atoms with Crippen molar-refractivity contribution in [2.24, 2.45) is 11.7 Å². The summed E-state index contributed by atoms with van der Waals surface area (Å²) in [6.07, 6.45) is 2.38. The predicted octanol–water partition coefficient (Wildman–Crippen LogP) is -0.405. The first kappa shape index (κ1) is 15.9. The number of methoxy groups -OCH3 is 1. The first-order valence-corrected chi connectivity index (χ1v) is 6.82. The summed E-state index contributed by atoms with van der Waals surface area (Å²) in [5.74, 6) is 0.772. The van der Waals surface area contributed by atoms with Crippen LogP contribution in [0.3, 0.4) is 0 Å². The predicted molar refractivity (Wildman–Crippen MR) is 73.6 cm³/mol. The van der Waals surface area contributed by atoms with E-state index in [2.05, 4.69) is 23.9 Å². The molecule has 1 fully saturated rings. The van der Waals surface area contributed by atoms with Gasteiger partial charge in [0.05, 0.1) is 19.3 Å². The molecule has 0 saturated carbocycles. The molecule has 0 aromatic rings. The first-order valence-electron chi connectivity index (χ1n) is 6.82. The van der Waals surface area contributed by atoms with Gasteiger partial charge in [-0.25, -0.2) is 0 Å². The minimum atomic E-state index is -0.106. The van der Waals surface area contributed by atoms with Crippen LogP contribution in [0, 0.1) is 5.92 Å². The maximum absolute atomic E-state index is 9.50. The zero-order valence-corrected chi connectivity index (χ0v) is 12.0. The molecule has 0 aromatic heterocycles. The van der Waals surface area contributed by atoms with E-state index in [1.807, 2.05) is 0 Å². The van der Waals surface area contributed by atoms with Crippen LogP contribution >= 0.6 is 0 Å². The molecule has 1 saturated heterocycles. The fraction of sp³-hybridized carbons (Fsp3) is 1.00. The molecule has 108 valence electrons. The van der Waals surface area contributed by atoms with E-state index in [1.54, 1.807) is 7.11 Å². The number of ether oxygens (including phenoxy) is 1. The largest absolute Gasteiger partial charge is 0.395 e. The summed E-state index contributed by atoms with van der Waals surface area (Å²) < 4.78 is 5.08. The Balaban J connectivity index is 2.39. The Kier molecular flexibility index (Phi) is 7.11. The molecule has 5 nitrogen and oxygen atoms in total. The van der Waals surface area contributed by atoms with Gasteiger partial charge in [0.25, 0.3) is 0 Å². The van der Waals surface area contributed by atoms with Gasteiger partial charge in [0.1, 0.15) is 0 Å². The second kappa shape index (κ2) is 8.07. The molecule has 18 heavy (non-hydrogen) atoms. The lowest BCUT2D eigenvalue weighted by molar-refractivity contribution is 0.0453. The van der Waals surface area contributed by atoms with Crippen molar-refractivity contribution in [2.45, 2.75) is 24.9 Å². The van der Waals surface area contributed by atoms with Crippen LogP contribution in [-0.2, 0) is 4.74 Å². The van der Waals surface area contributed by atoms with Gasteiger partial charge in [0.2, 0.25) is 0 Å². The van der Waals surface area contributed by atoms with Crippen molar-refractivity contribution in [3.63, 3.8) is 0 Å². The number of rotatable bonds is 7. The second-order valence-electron chi connectivity index (χ2n) is 5.61. The van der Waals surface area contributed by atoms with Gasteiger partial charge in [0, 0.05) is 19.7 Å². The van der Waals surface area contributed by atoms with Crippen LogP contribution in [0.25, 0.3) is 0 Å². The molecule has 1 aliphatic rings. The van der Waals surface area contributed by atoms with E-state index in [-0.39, 0.29) is 18.7 Å².